The molecule has 0 aromatic heterocycles. The van der Waals surface area contributed by atoms with Crippen molar-refractivity contribution < 1.29 is 4.79 Å². The molecule has 2 aliphatic rings. The Morgan fingerprint density at radius 2 is 2.14 bits per heavy atom. The van der Waals surface area contributed by atoms with Gasteiger partial charge in [0.2, 0.25) is 5.91 Å². The third-order valence-corrected chi connectivity index (χ3v) is 6.05. The fourth-order valence-electron chi connectivity index (χ4n) is 2.51. The van der Waals surface area contributed by atoms with Crippen molar-refractivity contribution in [3.05, 3.63) is 35.4 Å². The Hall–Kier alpha value is -1.16. The standard InChI is InChI=1S/C15H17N3OS2/c1-10-2-4-11(5-3-10)14-17-13(8-21-14)15(19)18-9-20-7-12(18)6-16/h2-5,12-14,17H,7-9H2,1H3/t12-,13+,14?/m1/s1. The number of benzene rings is 1. The van der Waals surface area contributed by atoms with Crippen LogP contribution in [0.3, 0.4) is 0 Å². The number of carbonyl (C=O) groups excluding carboxylic acids is 1. The van der Waals surface area contributed by atoms with Gasteiger partial charge in [-0.1, -0.05) is 29.8 Å². The molecule has 2 fully saturated rings. The third kappa shape index (κ3) is 3.05. The van der Waals surface area contributed by atoms with E-state index in [4.69, 9.17) is 5.26 Å². The first-order valence-electron chi connectivity index (χ1n) is 6.91. The van der Waals surface area contributed by atoms with Crippen LogP contribution >= 0.6 is 23.5 Å². The fraction of sp³-hybridized carbons (Fsp3) is 0.467. The van der Waals surface area contributed by atoms with Gasteiger partial charge in [0.1, 0.15) is 6.04 Å². The van der Waals surface area contributed by atoms with Gasteiger partial charge in [0.15, 0.2) is 0 Å². The van der Waals surface area contributed by atoms with Gasteiger partial charge in [0, 0.05) is 11.5 Å². The Morgan fingerprint density at radius 1 is 1.38 bits per heavy atom. The van der Waals surface area contributed by atoms with Gasteiger partial charge in [-0.3, -0.25) is 10.1 Å². The number of thioether (sulfide) groups is 2. The summed E-state index contributed by atoms with van der Waals surface area (Å²) in [6.45, 7) is 2.07. The van der Waals surface area contributed by atoms with E-state index in [0.29, 0.717) is 5.88 Å². The molecule has 3 atom stereocenters. The summed E-state index contributed by atoms with van der Waals surface area (Å²) in [5, 5.41) is 12.7. The molecule has 1 aromatic rings. The van der Waals surface area contributed by atoms with Crippen LogP contribution < -0.4 is 5.32 Å². The summed E-state index contributed by atoms with van der Waals surface area (Å²) < 4.78 is 0. The molecule has 4 nitrogen and oxygen atoms in total. The van der Waals surface area contributed by atoms with Gasteiger partial charge in [-0.2, -0.15) is 5.26 Å². The monoisotopic (exact) mass is 319 g/mol. The Labute approximate surface area is 133 Å². The Kier molecular flexibility index (Phi) is 4.43. The Morgan fingerprint density at radius 3 is 2.86 bits per heavy atom. The number of nitriles is 1. The first-order valence-corrected chi connectivity index (χ1v) is 9.11. The molecule has 2 heterocycles. The molecule has 0 bridgehead atoms. The van der Waals surface area contributed by atoms with E-state index in [1.165, 1.54) is 11.1 Å². The molecule has 110 valence electrons. The van der Waals surface area contributed by atoms with Crippen LogP contribution in [0, 0.1) is 18.3 Å². The number of rotatable bonds is 2. The lowest BCUT2D eigenvalue weighted by atomic mass is 10.1. The Bertz CT molecular complexity index is 569. The number of nitrogens with zero attached hydrogens (tertiary/aromatic N) is 2. The molecule has 0 spiro atoms. The average molecular weight is 319 g/mol. The van der Waals surface area contributed by atoms with E-state index >= 15 is 0 Å². The third-order valence-electron chi connectivity index (χ3n) is 3.77. The topological polar surface area (TPSA) is 56.1 Å². The maximum atomic E-state index is 12.5. The number of nitrogens with one attached hydrogen (secondary N) is 1. The summed E-state index contributed by atoms with van der Waals surface area (Å²) >= 11 is 3.41. The maximum absolute atomic E-state index is 12.5. The Balaban J connectivity index is 1.65. The largest absolute Gasteiger partial charge is 0.315 e. The molecule has 1 N–H and O–H groups in total. The highest BCUT2D eigenvalue weighted by Gasteiger charge is 2.37. The molecule has 1 amide bonds. The van der Waals surface area contributed by atoms with Gasteiger partial charge in [-0.15, -0.1) is 23.5 Å². The summed E-state index contributed by atoms with van der Waals surface area (Å²) in [6.07, 6.45) is 0. The molecule has 2 saturated heterocycles. The SMILES string of the molecule is Cc1ccc(C2N[C@H](C(=O)N3CSC[C@H]3C#N)CS2)cc1. The van der Waals surface area contributed by atoms with E-state index in [2.05, 4.69) is 42.6 Å². The lowest BCUT2D eigenvalue weighted by Gasteiger charge is -2.22. The maximum Gasteiger partial charge on any atom is 0.242 e. The van der Waals surface area contributed by atoms with Gasteiger partial charge in [0.05, 0.1) is 23.4 Å². The number of hydrogen-bond acceptors (Lipinski definition) is 5. The average Bonchev–Trinajstić information content (AvgIpc) is 3.16. The number of amides is 1. The van der Waals surface area contributed by atoms with Crippen LogP contribution in [0.1, 0.15) is 16.5 Å². The lowest BCUT2D eigenvalue weighted by Crippen LogP contribution is -2.47. The molecule has 21 heavy (non-hydrogen) atoms. The van der Waals surface area contributed by atoms with Crippen molar-refractivity contribution in [2.75, 3.05) is 17.4 Å². The number of hydrogen-bond donors (Lipinski definition) is 1. The second-order valence-electron chi connectivity index (χ2n) is 5.30. The lowest BCUT2D eigenvalue weighted by molar-refractivity contribution is -0.132. The minimum atomic E-state index is -0.271. The fourth-order valence-corrected chi connectivity index (χ4v) is 4.84. The van der Waals surface area contributed by atoms with Crippen molar-refractivity contribution in [3.63, 3.8) is 0 Å². The van der Waals surface area contributed by atoms with Gasteiger partial charge in [-0.25, -0.2) is 0 Å². The molecular formula is C15H17N3OS2. The quantitative estimate of drug-likeness (QED) is 0.905. The molecule has 0 radical (unpaired) electrons. The van der Waals surface area contributed by atoms with Crippen LogP contribution in [-0.2, 0) is 4.79 Å². The van der Waals surface area contributed by atoms with Gasteiger partial charge < -0.3 is 4.90 Å². The predicted octanol–water partition coefficient (Wildman–Crippen LogP) is 2.12. The zero-order valence-corrected chi connectivity index (χ0v) is 13.4. The van der Waals surface area contributed by atoms with E-state index < -0.39 is 0 Å². The zero-order chi connectivity index (χ0) is 14.8. The highest BCUT2D eigenvalue weighted by molar-refractivity contribution is 8.00. The highest BCUT2D eigenvalue weighted by Crippen LogP contribution is 2.34. The van der Waals surface area contributed by atoms with Crippen LogP contribution in [0.4, 0.5) is 0 Å². The van der Waals surface area contributed by atoms with Gasteiger partial charge in [-0.05, 0) is 12.5 Å². The molecule has 1 aromatic carbocycles. The van der Waals surface area contributed by atoms with Gasteiger partial charge in [0.25, 0.3) is 0 Å². The van der Waals surface area contributed by atoms with Crippen LogP contribution in [0.5, 0.6) is 0 Å². The van der Waals surface area contributed by atoms with Crippen molar-refractivity contribution in [2.45, 2.75) is 24.4 Å². The van der Waals surface area contributed by atoms with Crippen molar-refractivity contribution in [1.82, 2.24) is 10.2 Å². The second-order valence-corrected chi connectivity index (χ2v) is 7.43. The minimum absolute atomic E-state index is 0.0636. The molecule has 2 aliphatic heterocycles. The van der Waals surface area contributed by atoms with E-state index in [1.807, 2.05) is 0 Å². The first kappa shape index (κ1) is 14.8. The van der Waals surface area contributed by atoms with E-state index in [-0.39, 0.29) is 23.4 Å². The van der Waals surface area contributed by atoms with Crippen molar-refractivity contribution in [3.8, 4) is 6.07 Å². The predicted molar refractivity (Wildman–Crippen MR) is 86.9 cm³/mol. The second kappa shape index (κ2) is 6.30. The number of aryl methyl sites for hydroxylation is 1. The summed E-state index contributed by atoms with van der Waals surface area (Å²) in [6, 6.07) is 10.2. The van der Waals surface area contributed by atoms with Crippen molar-refractivity contribution >= 4 is 29.4 Å². The summed E-state index contributed by atoms with van der Waals surface area (Å²) in [5.41, 5.74) is 2.44. The summed E-state index contributed by atoms with van der Waals surface area (Å²) in [5.74, 6) is 2.18. The molecule has 3 rings (SSSR count). The van der Waals surface area contributed by atoms with Crippen LogP contribution in [0.15, 0.2) is 24.3 Å². The highest BCUT2D eigenvalue weighted by atomic mass is 32.2. The summed E-state index contributed by atoms with van der Waals surface area (Å²) in [4.78, 5) is 14.2. The van der Waals surface area contributed by atoms with Gasteiger partial charge >= 0.3 is 0 Å². The number of carbonyl (C=O) groups is 1. The molecule has 1 unspecified atom stereocenters. The van der Waals surface area contributed by atoms with Crippen LogP contribution in [0.25, 0.3) is 0 Å². The zero-order valence-electron chi connectivity index (χ0n) is 11.8. The van der Waals surface area contributed by atoms with E-state index in [9.17, 15) is 4.79 Å². The molecule has 6 heteroatoms. The minimum Gasteiger partial charge on any atom is -0.315 e. The summed E-state index contributed by atoms with van der Waals surface area (Å²) in [7, 11) is 0. The van der Waals surface area contributed by atoms with E-state index in [0.717, 1.165) is 11.5 Å². The van der Waals surface area contributed by atoms with Crippen molar-refractivity contribution in [2.24, 2.45) is 0 Å². The molecule has 0 aliphatic carbocycles. The normalized spacial score (nSPS) is 28.6. The smallest absolute Gasteiger partial charge is 0.242 e. The van der Waals surface area contributed by atoms with E-state index in [1.54, 1.807) is 28.4 Å². The molecular weight excluding hydrogens is 302 g/mol. The van der Waals surface area contributed by atoms with Crippen molar-refractivity contribution in [1.29, 1.82) is 5.26 Å². The van der Waals surface area contributed by atoms with Crippen LogP contribution in [-0.4, -0.2) is 40.3 Å². The van der Waals surface area contributed by atoms with Crippen LogP contribution in [0.2, 0.25) is 0 Å². The first-order chi connectivity index (χ1) is 10.2. The molecule has 0 saturated carbocycles.